The Morgan fingerprint density at radius 1 is 0.950 bits per heavy atom. The third kappa shape index (κ3) is 7.54. The number of carbonyl (C=O) groups is 1. The van der Waals surface area contributed by atoms with E-state index in [4.69, 9.17) is 18.1 Å². The summed E-state index contributed by atoms with van der Waals surface area (Å²) in [6.45, 7) is 0. The zero-order chi connectivity index (χ0) is 14.1. The Bertz CT molecular complexity index is 543. The van der Waals surface area contributed by atoms with Crippen LogP contribution in [0.1, 0.15) is 10.4 Å². The number of hydrogen-bond acceptors (Lipinski definition) is 3. The fourth-order valence-electron chi connectivity index (χ4n) is 1.29. The molecule has 0 atom stereocenters. The summed E-state index contributed by atoms with van der Waals surface area (Å²) < 4.78 is 28.4. The minimum atomic E-state index is -2.61. The van der Waals surface area contributed by atoms with Gasteiger partial charge in [0.2, 0.25) is 0 Å². The Labute approximate surface area is 141 Å². The Hall–Kier alpha value is -1.02. The monoisotopic (exact) mass is 304 g/mol. The quantitative estimate of drug-likeness (QED) is 0.516. The van der Waals surface area contributed by atoms with Gasteiger partial charge in [0.05, 0.1) is 5.56 Å². The fraction of sp³-hybridized carbons (Fsp3) is 0. The molecule has 20 heavy (non-hydrogen) atoms. The molecule has 7 heteroatoms. The van der Waals surface area contributed by atoms with Crippen LogP contribution < -0.4 is 4.74 Å². The zero-order valence-electron chi connectivity index (χ0n) is 9.80. The Balaban J connectivity index is 0.000000644. The van der Waals surface area contributed by atoms with Gasteiger partial charge < -0.3 is 4.74 Å². The van der Waals surface area contributed by atoms with Gasteiger partial charge in [-0.05, 0) is 24.3 Å². The van der Waals surface area contributed by atoms with Gasteiger partial charge in [-0.3, -0.25) is 13.9 Å². The molecular weight excluding hydrogens is 291 g/mol. The molecule has 2 rings (SSSR count). The van der Waals surface area contributed by atoms with E-state index in [1.807, 2.05) is 42.5 Å². The van der Waals surface area contributed by atoms with Crippen LogP contribution in [0, 0.1) is 0 Å². The molecule has 2 N–H and O–H groups in total. The van der Waals surface area contributed by atoms with Crippen LogP contribution in [-0.4, -0.2) is 49.2 Å². The minimum absolute atomic E-state index is 0. The molecule has 2 aromatic rings. The summed E-state index contributed by atoms with van der Waals surface area (Å²) in [5, 5.41) is 0. The number of ether oxygens (including phenoxy) is 1. The van der Waals surface area contributed by atoms with Crippen LogP contribution in [-0.2, 0) is 11.4 Å². The fourth-order valence-corrected chi connectivity index (χ4v) is 1.29. The molecule has 0 aliphatic rings. The molecule has 5 nitrogen and oxygen atoms in total. The molecule has 0 amide bonds. The van der Waals surface area contributed by atoms with E-state index in [0.29, 0.717) is 11.3 Å². The molecule has 0 fully saturated rings. The number of rotatable bonds is 3. The summed E-state index contributed by atoms with van der Waals surface area (Å²) >= 11 is -2.61. The van der Waals surface area contributed by atoms with Gasteiger partial charge in [-0.25, -0.2) is 0 Å². The first-order valence-corrected chi connectivity index (χ1v) is 6.27. The SMILES string of the molecule is O=Cc1ccccc1Oc1ccccc1.O=S(O)O.[NaH]. The van der Waals surface area contributed by atoms with Crippen molar-refractivity contribution in [3.63, 3.8) is 0 Å². The Morgan fingerprint density at radius 2 is 1.45 bits per heavy atom. The molecular formula is C13H13NaO5S. The summed E-state index contributed by atoms with van der Waals surface area (Å²) in [5.74, 6) is 1.31. The van der Waals surface area contributed by atoms with Crippen molar-refractivity contribution >= 4 is 47.2 Å². The van der Waals surface area contributed by atoms with Gasteiger partial charge in [0.25, 0.3) is 11.4 Å². The first-order chi connectivity index (χ1) is 9.13. The van der Waals surface area contributed by atoms with Gasteiger partial charge in [-0.15, -0.1) is 0 Å². The number of carbonyl (C=O) groups excluding carboxylic acids is 1. The molecule has 0 aliphatic heterocycles. The summed E-state index contributed by atoms with van der Waals surface area (Å²) in [7, 11) is 0. The number of hydrogen-bond donors (Lipinski definition) is 2. The average Bonchev–Trinajstić information content (AvgIpc) is 2.40. The third-order valence-corrected chi connectivity index (χ3v) is 2.02. The molecule has 2 aromatic carbocycles. The van der Waals surface area contributed by atoms with E-state index in [9.17, 15) is 4.79 Å². The second-order valence-corrected chi connectivity index (χ2v) is 3.76. The van der Waals surface area contributed by atoms with Crippen molar-refractivity contribution in [3.05, 3.63) is 60.2 Å². The van der Waals surface area contributed by atoms with Gasteiger partial charge >= 0.3 is 29.6 Å². The maximum absolute atomic E-state index is 10.7. The van der Waals surface area contributed by atoms with E-state index < -0.39 is 11.4 Å². The van der Waals surface area contributed by atoms with Crippen LogP contribution in [0.25, 0.3) is 0 Å². The predicted octanol–water partition coefficient (Wildman–Crippen LogP) is 2.32. The first-order valence-electron chi connectivity index (χ1n) is 5.20. The third-order valence-electron chi connectivity index (χ3n) is 2.02. The van der Waals surface area contributed by atoms with Crippen LogP contribution in [0.15, 0.2) is 54.6 Å². The van der Waals surface area contributed by atoms with Crippen molar-refractivity contribution in [2.45, 2.75) is 0 Å². The van der Waals surface area contributed by atoms with Crippen molar-refractivity contribution in [1.82, 2.24) is 0 Å². The molecule has 0 radical (unpaired) electrons. The summed E-state index contributed by atoms with van der Waals surface area (Å²) in [4.78, 5) is 10.7. The van der Waals surface area contributed by atoms with E-state index in [-0.39, 0.29) is 29.6 Å². The molecule has 0 heterocycles. The number of para-hydroxylation sites is 2. The number of benzene rings is 2. The molecule has 102 valence electrons. The van der Waals surface area contributed by atoms with Crippen LogP contribution in [0.3, 0.4) is 0 Å². The van der Waals surface area contributed by atoms with E-state index in [1.165, 1.54) is 0 Å². The molecule has 0 aliphatic carbocycles. The molecule has 0 spiro atoms. The molecule has 0 bridgehead atoms. The van der Waals surface area contributed by atoms with E-state index in [2.05, 4.69) is 0 Å². The molecule has 0 saturated carbocycles. The summed E-state index contributed by atoms with van der Waals surface area (Å²) in [6, 6.07) is 16.5. The molecule has 0 aromatic heterocycles. The predicted molar refractivity (Wildman–Crippen MR) is 78.9 cm³/mol. The van der Waals surface area contributed by atoms with Gasteiger partial charge in [0, 0.05) is 0 Å². The maximum atomic E-state index is 10.7. The molecule has 0 saturated heterocycles. The van der Waals surface area contributed by atoms with Gasteiger partial charge in [-0.1, -0.05) is 30.3 Å². The summed E-state index contributed by atoms with van der Waals surface area (Å²) in [6.07, 6.45) is 0.790. The first kappa shape index (κ1) is 19.0. The van der Waals surface area contributed by atoms with Crippen molar-refractivity contribution in [3.8, 4) is 11.5 Å². The topological polar surface area (TPSA) is 83.8 Å². The van der Waals surface area contributed by atoms with Crippen molar-refractivity contribution in [2.75, 3.05) is 0 Å². The Kier molecular flexibility index (Phi) is 10.2. The van der Waals surface area contributed by atoms with Crippen LogP contribution in [0.5, 0.6) is 11.5 Å². The normalized spacial score (nSPS) is 8.95. The second kappa shape index (κ2) is 10.7. The van der Waals surface area contributed by atoms with Crippen LogP contribution in [0.2, 0.25) is 0 Å². The van der Waals surface area contributed by atoms with Crippen LogP contribution in [0.4, 0.5) is 0 Å². The average molecular weight is 304 g/mol. The standard InChI is InChI=1S/C13H10O2.Na.H2O3S.H/c14-10-11-6-4-5-9-13(11)15-12-7-2-1-3-8-12;;1-4(2)3;/h1-10H;;(H2,1,2,3);. The zero-order valence-corrected chi connectivity index (χ0v) is 10.6. The number of aldehydes is 1. The second-order valence-electron chi connectivity index (χ2n) is 3.30. The molecule has 0 unspecified atom stereocenters. The van der Waals surface area contributed by atoms with E-state index in [0.717, 1.165) is 12.0 Å². The van der Waals surface area contributed by atoms with Gasteiger partial charge in [-0.2, -0.15) is 4.21 Å². The van der Waals surface area contributed by atoms with Crippen LogP contribution >= 0.6 is 0 Å². The van der Waals surface area contributed by atoms with E-state index >= 15 is 0 Å². The van der Waals surface area contributed by atoms with E-state index in [1.54, 1.807) is 12.1 Å². The van der Waals surface area contributed by atoms with Crippen molar-refractivity contribution in [1.29, 1.82) is 0 Å². The van der Waals surface area contributed by atoms with Crippen molar-refractivity contribution < 1.29 is 22.8 Å². The summed E-state index contributed by atoms with van der Waals surface area (Å²) in [5.41, 5.74) is 0.557. The van der Waals surface area contributed by atoms with Crippen molar-refractivity contribution in [2.24, 2.45) is 0 Å². The van der Waals surface area contributed by atoms with Gasteiger partial charge in [0.1, 0.15) is 11.5 Å². The Morgan fingerprint density at radius 3 is 2.00 bits per heavy atom. The van der Waals surface area contributed by atoms with Gasteiger partial charge in [0.15, 0.2) is 6.29 Å².